The van der Waals surface area contributed by atoms with E-state index in [2.05, 4.69) is 5.32 Å². The van der Waals surface area contributed by atoms with Crippen LogP contribution in [0.15, 0.2) is 48.0 Å². The third-order valence-electron chi connectivity index (χ3n) is 3.65. The zero-order chi connectivity index (χ0) is 20.5. The predicted octanol–water partition coefficient (Wildman–Crippen LogP) is 4.43. The average molecular weight is 380 g/mol. The number of ether oxygens (including phenoxy) is 3. The fraction of sp³-hybridized carbons (Fsp3) is 0.273. The molecule has 1 amide bonds. The molecule has 0 saturated carbocycles. The fourth-order valence-corrected chi connectivity index (χ4v) is 2.44. The highest BCUT2D eigenvalue weighted by atomic mass is 16.5. The molecule has 0 fully saturated rings. The molecule has 0 aliphatic heterocycles. The number of hydrogen-bond acceptors (Lipinski definition) is 5. The van der Waals surface area contributed by atoms with Crippen molar-refractivity contribution in [3.63, 3.8) is 0 Å². The van der Waals surface area contributed by atoms with Gasteiger partial charge in [0, 0.05) is 5.69 Å². The zero-order valence-corrected chi connectivity index (χ0v) is 16.5. The summed E-state index contributed by atoms with van der Waals surface area (Å²) in [6.07, 6.45) is 1.51. The van der Waals surface area contributed by atoms with Gasteiger partial charge in [0.2, 0.25) is 0 Å². The topological polar surface area (TPSA) is 80.6 Å². The molecule has 0 unspecified atom stereocenters. The van der Waals surface area contributed by atoms with Crippen molar-refractivity contribution in [2.24, 2.45) is 0 Å². The van der Waals surface area contributed by atoms with Crippen LogP contribution in [0.3, 0.4) is 0 Å². The van der Waals surface area contributed by atoms with Crippen molar-refractivity contribution >= 4 is 17.7 Å². The third-order valence-corrected chi connectivity index (χ3v) is 3.65. The van der Waals surface area contributed by atoms with Crippen LogP contribution in [-0.4, -0.2) is 25.7 Å². The van der Waals surface area contributed by atoms with Gasteiger partial charge in [-0.1, -0.05) is 6.07 Å². The van der Waals surface area contributed by atoms with Crippen LogP contribution in [-0.2, 0) is 4.79 Å². The summed E-state index contributed by atoms with van der Waals surface area (Å²) in [5.74, 6) is 1.36. The number of nitrogens with one attached hydrogen (secondary N) is 1. The van der Waals surface area contributed by atoms with Gasteiger partial charge in [-0.2, -0.15) is 5.26 Å². The van der Waals surface area contributed by atoms with Crippen LogP contribution in [0.25, 0.3) is 6.08 Å². The summed E-state index contributed by atoms with van der Waals surface area (Å²) in [6.45, 7) is 6.31. The molecular formula is C22H24N2O4. The fourth-order valence-electron chi connectivity index (χ4n) is 2.44. The highest BCUT2D eigenvalue weighted by Gasteiger charge is 2.12. The van der Waals surface area contributed by atoms with Crippen LogP contribution in [0.5, 0.6) is 17.2 Å². The number of methoxy groups -OCH3 is 1. The van der Waals surface area contributed by atoms with E-state index in [1.165, 1.54) is 6.08 Å². The largest absolute Gasteiger partial charge is 0.494 e. The standard InChI is InChI=1S/C22H24N2O4/c1-5-27-19-9-7-18(8-10-19)24-22(25)17(14-23)12-16-6-11-20(28-15(2)3)21(13-16)26-4/h6-13,15H,5H2,1-4H3,(H,24,25)/b17-12-. The molecule has 0 saturated heterocycles. The first kappa shape index (κ1) is 20.8. The number of rotatable bonds is 8. The molecular weight excluding hydrogens is 356 g/mol. The molecule has 0 atom stereocenters. The number of hydrogen-bond donors (Lipinski definition) is 1. The lowest BCUT2D eigenvalue weighted by Crippen LogP contribution is -2.13. The van der Waals surface area contributed by atoms with Crippen molar-refractivity contribution in [2.75, 3.05) is 19.0 Å². The van der Waals surface area contributed by atoms with Crippen molar-refractivity contribution in [1.29, 1.82) is 5.26 Å². The molecule has 2 rings (SSSR count). The van der Waals surface area contributed by atoms with Crippen LogP contribution < -0.4 is 19.5 Å². The summed E-state index contributed by atoms with van der Waals surface area (Å²) in [4.78, 5) is 12.4. The molecule has 0 aliphatic carbocycles. The molecule has 0 heterocycles. The van der Waals surface area contributed by atoms with E-state index in [1.807, 2.05) is 26.8 Å². The minimum Gasteiger partial charge on any atom is -0.494 e. The Kier molecular flexibility index (Phi) is 7.46. The van der Waals surface area contributed by atoms with E-state index >= 15 is 0 Å². The smallest absolute Gasteiger partial charge is 0.266 e. The summed E-state index contributed by atoms with van der Waals surface area (Å²) in [5, 5.41) is 12.1. The van der Waals surface area contributed by atoms with Gasteiger partial charge >= 0.3 is 0 Å². The van der Waals surface area contributed by atoms with E-state index in [-0.39, 0.29) is 11.7 Å². The number of carbonyl (C=O) groups excluding carboxylic acids is 1. The maximum absolute atomic E-state index is 12.4. The number of carbonyl (C=O) groups is 1. The minimum absolute atomic E-state index is 0.00449. The molecule has 2 aromatic rings. The van der Waals surface area contributed by atoms with E-state index < -0.39 is 5.91 Å². The molecule has 28 heavy (non-hydrogen) atoms. The third kappa shape index (κ3) is 5.78. The Morgan fingerprint density at radius 3 is 2.46 bits per heavy atom. The lowest BCUT2D eigenvalue weighted by molar-refractivity contribution is -0.112. The zero-order valence-electron chi connectivity index (χ0n) is 16.5. The lowest BCUT2D eigenvalue weighted by atomic mass is 10.1. The van der Waals surface area contributed by atoms with Gasteiger partial charge in [0.05, 0.1) is 19.8 Å². The summed E-state index contributed by atoms with van der Waals surface area (Å²) >= 11 is 0. The molecule has 0 aromatic heterocycles. The number of nitriles is 1. The molecule has 1 N–H and O–H groups in total. The van der Waals surface area contributed by atoms with Gasteiger partial charge in [-0.25, -0.2) is 0 Å². The van der Waals surface area contributed by atoms with Gasteiger partial charge in [0.25, 0.3) is 5.91 Å². The van der Waals surface area contributed by atoms with Crippen molar-refractivity contribution in [3.8, 4) is 23.3 Å². The average Bonchev–Trinajstić information content (AvgIpc) is 2.68. The number of benzene rings is 2. The van der Waals surface area contributed by atoms with Gasteiger partial charge < -0.3 is 19.5 Å². The second-order valence-corrected chi connectivity index (χ2v) is 6.16. The van der Waals surface area contributed by atoms with E-state index in [1.54, 1.807) is 49.6 Å². The van der Waals surface area contributed by atoms with E-state index in [0.717, 1.165) is 0 Å². The first-order valence-electron chi connectivity index (χ1n) is 8.97. The lowest BCUT2D eigenvalue weighted by Gasteiger charge is -2.14. The van der Waals surface area contributed by atoms with Crippen molar-refractivity contribution in [2.45, 2.75) is 26.9 Å². The second-order valence-electron chi connectivity index (χ2n) is 6.16. The monoisotopic (exact) mass is 380 g/mol. The van der Waals surface area contributed by atoms with Crippen molar-refractivity contribution in [1.82, 2.24) is 0 Å². The summed E-state index contributed by atoms with van der Waals surface area (Å²) in [6, 6.07) is 14.1. The van der Waals surface area contributed by atoms with Gasteiger partial charge in [-0.3, -0.25) is 4.79 Å². The van der Waals surface area contributed by atoms with Crippen LogP contribution in [0.2, 0.25) is 0 Å². The Hall–Kier alpha value is -3.46. The van der Waals surface area contributed by atoms with Gasteiger partial charge in [-0.15, -0.1) is 0 Å². The first-order valence-corrected chi connectivity index (χ1v) is 8.97. The summed E-state index contributed by atoms with van der Waals surface area (Å²) in [7, 11) is 1.54. The molecule has 2 aromatic carbocycles. The molecule has 0 aliphatic rings. The molecule has 0 bridgehead atoms. The Morgan fingerprint density at radius 2 is 1.89 bits per heavy atom. The maximum atomic E-state index is 12.4. The van der Waals surface area contributed by atoms with E-state index in [0.29, 0.717) is 35.1 Å². The minimum atomic E-state index is -0.492. The van der Waals surface area contributed by atoms with Crippen LogP contribution in [0.1, 0.15) is 26.3 Å². The van der Waals surface area contributed by atoms with Crippen LogP contribution >= 0.6 is 0 Å². The Morgan fingerprint density at radius 1 is 1.18 bits per heavy atom. The van der Waals surface area contributed by atoms with Gasteiger partial charge in [0.1, 0.15) is 17.4 Å². The predicted molar refractivity (Wildman–Crippen MR) is 109 cm³/mol. The SMILES string of the molecule is CCOc1ccc(NC(=O)/C(C#N)=C\c2ccc(OC(C)C)c(OC)c2)cc1. The summed E-state index contributed by atoms with van der Waals surface area (Å²) < 4.78 is 16.4. The van der Waals surface area contributed by atoms with Crippen LogP contribution in [0, 0.1) is 11.3 Å². The number of amides is 1. The molecule has 6 heteroatoms. The first-order chi connectivity index (χ1) is 13.5. The highest BCUT2D eigenvalue weighted by molar-refractivity contribution is 6.09. The second kappa shape index (κ2) is 10.0. The Balaban J connectivity index is 2.18. The van der Waals surface area contributed by atoms with Gasteiger partial charge in [0.15, 0.2) is 11.5 Å². The molecule has 6 nitrogen and oxygen atoms in total. The maximum Gasteiger partial charge on any atom is 0.266 e. The quantitative estimate of drug-likeness (QED) is 0.541. The molecule has 0 radical (unpaired) electrons. The Bertz CT molecular complexity index is 880. The number of nitrogens with zero attached hydrogens (tertiary/aromatic N) is 1. The molecule has 146 valence electrons. The van der Waals surface area contributed by atoms with Crippen molar-refractivity contribution < 1.29 is 19.0 Å². The normalized spacial score (nSPS) is 10.9. The van der Waals surface area contributed by atoms with Crippen LogP contribution in [0.4, 0.5) is 5.69 Å². The number of anilines is 1. The van der Waals surface area contributed by atoms with E-state index in [9.17, 15) is 10.1 Å². The molecule has 0 spiro atoms. The van der Waals surface area contributed by atoms with E-state index in [4.69, 9.17) is 14.2 Å². The Labute approximate surface area is 165 Å². The van der Waals surface area contributed by atoms with Gasteiger partial charge in [-0.05, 0) is 68.8 Å². The summed E-state index contributed by atoms with van der Waals surface area (Å²) in [5.41, 5.74) is 1.22. The highest BCUT2D eigenvalue weighted by Crippen LogP contribution is 2.30. The van der Waals surface area contributed by atoms with Crippen molar-refractivity contribution in [3.05, 3.63) is 53.6 Å².